The number of nitrogen functional groups attached to an aromatic ring is 1. The first-order valence-corrected chi connectivity index (χ1v) is 9.41. The minimum atomic E-state index is -3.07. The summed E-state index contributed by atoms with van der Waals surface area (Å²) in [4.78, 5) is 1.99. The second-order valence-electron chi connectivity index (χ2n) is 4.69. The number of benzene rings is 1. The Labute approximate surface area is 123 Å². The molecule has 4 nitrogen and oxygen atoms in total. The van der Waals surface area contributed by atoms with Crippen LogP contribution in [0.3, 0.4) is 0 Å². The molecule has 0 saturated carbocycles. The van der Waals surface area contributed by atoms with Gasteiger partial charge in [0.25, 0.3) is 0 Å². The fourth-order valence-corrected chi connectivity index (χ4v) is 5.18. The van der Waals surface area contributed by atoms with Crippen molar-refractivity contribution in [2.45, 2.75) is 11.9 Å². The highest BCUT2D eigenvalue weighted by Gasteiger charge is 2.30. The Hall–Kier alpha value is -0.430. The summed E-state index contributed by atoms with van der Waals surface area (Å²) in [5, 5.41) is 0.112. The molecule has 1 unspecified atom stereocenters. The summed E-state index contributed by atoms with van der Waals surface area (Å²) in [6.45, 7) is 1.35. The van der Waals surface area contributed by atoms with Crippen LogP contribution in [-0.4, -0.2) is 43.0 Å². The van der Waals surface area contributed by atoms with E-state index in [0.29, 0.717) is 23.0 Å². The number of halogens is 1. The molecule has 0 aliphatic carbocycles. The molecular formula is C12H17ClN2O2S2. The number of rotatable bonds is 3. The third-order valence-corrected chi connectivity index (χ3v) is 6.16. The molecule has 0 spiro atoms. The van der Waals surface area contributed by atoms with Crippen LogP contribution in [0.2, 0.25) is 5.02 Å². The quantitative estimate of drug-likeness (QED) is 0.861. The summed E-state index contributed by atoms with van der Waals surface area (Å²) in [5.74, 6) is 1.58. The molecule has 1 aliphatic heterocycles. The van der Waals surface area contributed by atoms with Gasteiger partial charge in [-0.3, -0.25) is 4.90 Å². The normalized spacial score (nSPS) is 21.5. The van der Waals surface area contributed by atoms with Crippen molar-refractivity contribution >= 4 is 38.9 Å². The number of sulfone groups is 1. The Morgan fingerprint density at radius 2 is 2.26 bits per heavy atom. The second-order valence-corrected chi connectivity index (χ2v) is 8.45. The van der Waals surface area contributed by atoms with Crippen molar-refractivity contribution in [1.29, 1.82) is 0 Å². The highest BCUT2D eigenvalue weighted by molar-refractivity contribution is 8.00. The summed E-state index contributed by atoms with van der Waals surface area (Å²) in [6.07, 6.45) is 1.30. The maximum atomic E-state index is 11.8. The lowest BCUT2D eigenvalue weighted by atomic mass is 10.2. The summed E-state index contributed by atoms with van der Waals surface area (Å²) in [6, 6.07) is 5.45. The van der Waals surface area contributed by atoms with Crippen LogP contribution in [0.25, 0.3) is 0 Å². The van der Waals surface area contributed by atoms with Gasteiger partial charge in [-0.2, -0.15) is 11.8 Å². The standard InChI is InChI=1S/C12H17ClN2O2S2/c1-19(16,17)12-8-18-5-4-15(12)7-9-2-3-10(13)11(14)6-9/h2-3,6,12H,4-5,7-8,14H2,1H3. The van der Waals surface area contributed by atoms with Crippen LogP contribution in [-0.2, 0) is 16.4 Å². The van der Waals surface area contributed by atoms with Gasteiger partial charge in [0.05, 0.1) is 10.7 Å². The average Bonchev–Trinajstić information content (AvgIpc) is 2.33. The zero-order valence-corrected chi connectivity index (χ0v) is 13.1. The second kappa shape index (κ2) is 5.91. The van der Waals surface area contributed by atoms with Crippen LogP contribution < -0.4 is 5.73 Å². The molecule has 1 aliphatic rings. The van der Waals surface area contributed by atoms with E-state index in [1.807, 2.05) is 17.0 Å². The van der Waals surface area contributed by atoms with Gasteiger partial charge in [-0.05, 0) is 17.7 Å². The summed E-state index contributed by atoms with van der Waals surface area (Å²) >= 11 is 7.57. The van der Waals surface area contributed by atoms with Crippen molar-refractivity contribution in [3.05, 3.63) is 28.8 Å². The van der Waals surface area contributed by atoms with Crippen molar-refractivity contribution in [2.24, 2.45) is 0 Å². The van der Waals surface area contributed by atoms with Gasteiger partial charge in [-0.1, -0.05) is 17.7 Å². The first-order chi connectivity index (χ1) is 8.88. The number of nitrogens with two attached hydrogens (primary N) is 1. The van der Waals surface area contributed by atoms with E-state index >= 15 is 0 Å². The van der Waals surface area contributed by atoms with Gasteiger partial charge in [0.1, 0.15) is 5.37 Å². The molecule has 0 aromatic heterocycles. The number of hydrogen-bond donors (Lipinski definition) is 1. The topological polar surface area (TPSA) is 63.4 Å². The van der Waals surface area contributed by atoms with Gasteiger partial charge >= 0.3 is 0 Å². The SMILES string of the molecule is CS(=O)(=O)C1CSCCN1Cc1ccc(Cl)c(N)c1. The van der Waals surface area contributed by atoms with E-state index in [2.05, 4.69) is 0 Å². The van der Waals surface area contributed by atoms with Crippen LogP contribution in [0.5, 0.6) is 0 Å². The van der Waals surface area contributed by atoms with Crippen molar-refractivity contribution in [3.63, 3.8) is 0 Å². The smallest absolute Gasteiger partial charge is 0.164 e. The minimum Gasteiger partial charge on any atom is -0.398 e. The Balaban J connectivity index is 2.17. The summed E-state index contributed by atoms with van der Waals surface area (Å²) < 4.78 is 23.6. The monoisotopic (exact) mass is 320 g/mol. The van der Waals surface area contributed by atoms with Gasteiger partial charge in [-0.15, -0.1) is 0 Å². The van der Waals surface area contributed by atoms with Crippen molar-refractivity contribution in [2.75, 3.05) is 30.0 Å². The van der Waals surface area contributed by atoms with E-state index in [-0.39, 0.29) is 0 Å². The highest BCUT2D eigenvalue weighted by atomic mass is 35.5. The lowest BCUT2D eigenvalue weighted by molar-refractivity contribution is 0.262. The molecule has 0 bridgehead atoms. The van der Waals surface area contributed by atoms with Crippen molar-refractivity contribution < 1.29 is 8.42 Å². The van der Waals surface area contributed by atoms with Gasteiger partial charge in [-0.25, -0.2) is 8.42 Å². The summed E-state index contributed by atoms with van der Waals surface area (Å²) in [5.41, 5.74) is 7.29. The van der Waals surface area contributed by atoms with E-state index in [0.717, 1.165) is 17.9 Å². The molecule has 1 aromatic carbocycles. The van der Waals surface area contributed by atoms with Gasteiger partial charge in [0, 0.05) is 30.9 Å². The Morgan fingerprint density at radius 1 is 1.53 bits per heavy atom. The maximum absolute atomic E-state index is 11.8. The van der Waals surface area contributed by atoms with Gasteiger partial charge in [0.15, 0.2) is 9.84 Å². The van der Waals surface area contributed by atoms with Crippen molar-refractivity contribution in [1.82, 2.24) is 4.90 Å². The molecule has 7 heteroatoms. The zero-order valence-electron chi connectivity index (χ0n) is 10.7. The van der Waals surface area contributed by atoms with E-state index in [1.165, 1.54) is 6.26 Å². The first kappa shape index (κ1) is 15.0. The zero-order chi connectivity index (χ0) is 14.0. The van der Waals surface area contributed by atoms with E-state index in [9.17, 15) is 8.42 Å². The highest BCUT2D eigenvalue weighted by Crippen LogP contribution is 2.25. The molecule has 1 fully saturated rings. The minimum absolute atomic E-state index is 0.414. The van der Waals surface area contributed by atoms with Gasteiger partial charge < -0.3 is 5.73 Å². The van der Waals surface area contributed by atoms with Gasteiger partial charge in [0.2, 0.25) is 0 Å². The lowest BCUT2D eigenvalue weighted by Gasteiger charge is -2.34. The molecule has 1 saturated heterocycles. The molecule has 1 aromatic rings. The average molecular weight is 321 g/mol. The molecule has 0 amide bonds. The first-order valence-electron chi connectivity index (χ1n) is 5.92. The molecule has 1 atom stereocenters. The fourth-order valence-electron chi connectivity index (χ4n) is 2.12. The third kappa shape index (κ3) is 3.78. The molecule has 2 rings (SSSR count). The van der Waals surface area contributed by atoms with Crippen molar-refractivity contribution in [3.8, 4) is 0 Å². The molecule has 106 valence electrons. The Kier molecular flexibility index (Phi) is 4.66. The third-order valence-electron chi connectivity index (χ3n) is 3.13. The molecule has 1 heterocycles. The van der Waals surface area contributed by atoms with E-state index in [1.54, 1.807) is 17.8 Å². The van der Waals surface area contributed by atoms with Crippen LogP contribution in [0.4, 0.5) is 5.69 Å². The summed E-state index contributed by atoms with van der Waals surface area (Å²) in [7, 11) is -3.07. The molecule has 2 N–H and O–H groups in total. The van der Waals surface area contributed by atoms with Crippen LogP contribution in [0.1, 0.15) is 5.56 Å². The number of nitrogens with zero attached hydrogens (tertiary/aromatic N) is 1. The van der Waals surface area contributed by atoms with Crippen LogP contribution in [0, 0.1) is 0 Å². The van der Waals surface area contributed by atoms with E-state index < -0.39 is 15.2 Å². The number of anilines is 1. The maximum Gasteiger partial charge on any atom is 0.164 e. The predicted octanol–water partition coefficient (Wildman–Crippen LogP) is 1.84. The molecular weight excluding hydrogens is 304 g/mol. The largest absolute Gasteiger partial charge is 0.398 e. The molecule has 19 heavy (non-hydrogen) atoms. The fraction of sp³-hybridized carbons (Fsp3) is 0.500. The van der Waals surface area contributed by atoms with Crippen LogP contribution in [0.15, 0.2) is 18.2 Å². The lowest BCUT2D eigenvalue weighted by Crippen LogP contribution is -2.46. The Morgan fingerprint density at radius 3 is 2.89 bits per heavy atom. The van der Waals surface area contributed by atoms with Crippen LogP contribution >= 0.6 is 23.4 Å². The Bertz CT molecular complexity index is 563. The molecule has 0 radical (unpaired) electrons. The number of hydrogen-bond acceptors (Lipinski definition) is 5. The predicted molar refractivity (Wildman–Crippen MR) is 82.2 cm³/mol. The van der Waals surface area contributed by atoms with E-state index in [4.69, 9.17) is 17.3 Å². The number of thioether (sulfide) groups is 1.